The van der Waals surface area contributed by atoms with E-state index in [0.29, 0.717) is 24.1 Å². The fourth-order valence-corrected chi connectivity index (χ4v) is 6.82. The monoisotopic (exact) mass is 510 g/mol. The second kappa shape index (κ2) is 11.9. The lowest BCUT2D eigenvalue weighted by Gasteiger charge is -2.40. The number of Topliss-reactive ketones (excluding diaryl/α,β-unsaturated/α-hetero) is 1. The lowest BCUT2D eigenvalue weighted by Crippen LogP contribution is -2.50. The Morgan fingerprint density at radius 3 is 2.50 bits per heavy atom. The summed E-state index contributed by atoms with van der Waals surface area (Å²) in [4.78, 5) is 49.4. The van der Waals surface area contributed by atoms with Crippen molar-refractivity contribution in [2.75, 3.05) is 12.3 Å². The number of rotatable bonds is 11. The molecule has 1 amide bonds. The molecule has 1 heterocycles. The number of hydrogen-bond donors (Lipinski definition) is 3. The van der Waals surface area contributed by atoms with Crippen LogP contribution in [-0.4, -0.2) is 68.4 Å². The van der Waals surface area contributed by atoms with E-state index in [1.54, 1.807) is 18.2 Å². The molecule has 2 fully saturated rings. The molecule has 0 bridgehead atoms. The molecule has 184 valence electrons. The molecule has 11 heteroatoms. The van der Waals surface area contributed by atoms with Crippen LogP contribution in [0.15, 0.2) is 35.9 Å². The SMILES string of the molecule is CC(=O)N[C@@H](CSSC1CCN(Cc2ccccc2F)C(C(=O)C2CC2)/C1=C/C(=O)O)C(=O)O. The maximum Gasteiger partial charge on any atom is 0.328 e. The molecule has 0 spiro atoms. The van der Waals surface area contributed by atoms with Crippen LogP contribution < -0.4 is 5.32 Å². The van der Waals surface area contributed by atoms with Crippen molar-refractivity contribution >= 4 is 45.2 Å². The number of piperidine rings is 1. The topological polar surface area (TPSA) is 124 Å². The second-order valence-electron chi connectivity index (χ2n) is 8.37. The Balaban J connectivity index is 1.80. The molecule has 1 aliphatic heterocycles. The Labute approximate surface area is 204 Å². The van der Waals surface area contributed by atoms with E-state index in [-0.39, 0.29) is 35.1 Å². The molecule has 1 saturated heterocycles. The van der Waals surface area contributed by atoms with Gasteiger partial charge in [0.05, 0.1) is 6.04 Å². The minimum atomic E-state index is -1.17. The number of hydrogen-bond acceptors (Lipinski definition) is 7. The van der Waals surface area contributed by atoms with Gasteiger partial charge in [0.2, 0.25) is 5.91 Å². The first-order valence-electron chi connectivity index (χ1n) is 10.9. The standard InChI is InChI=1S/C23H27FN2O6S2/c1-13(27)25-18(23(31)32)12-33-34-19-8-9-26(11-15-4-2-3-5-17(15)24)21(16(19)10-20(28)29)22(30)14-6-7-14/h2-5,10,14,18-19,21H,6-9,11-12H2,1H3,(H,25,27)(H,28,29)(H,31,32)/b16-10+/t18-,19?,21?/m0/s1. The van der Waals surface area contributed by atoms with Gasteiger partial charge in [-0.05, 0) is 30.9 Å². The number of carboxylic acids is 2. The number of likely N-dealkylation sites (tertiary alicyclic amines) is 1. The van der Waals surface area contributed by atoms with Crippen molar-refractivity contribution in [3.63, 3.8) is 0 Å². The predicted molar refractivity (Wildman–Crippen MR) is 128 cm³/mol. The molecule has 3 rings (SSSR count). The lowest BCUT2D eigenvalue weighted by molar-refractivity contribution is -0.140. The third-order valence-corrected chi connectivity index (χ3v) is 8.56. The van der Waals surface area contributed by atoms with Gasteiger partial charge in [-0.25, -0.2) is 14.0 Å². The summed E-state index contributed by atoms with van der Waals surface area (Å²) in [5.41, 5.74) is 0.877. The number of halogens is 1. The minimum absolute atomic E-state index is 0.0548. The number of aliphatic carboxylic acids is 2. The average Bonchev–Trinajstić information content (AvgIpc) is 3.60. The van der Waals surface area contributed by atoms with E-state index < -0.39 is 29.9 Å². The Morgan fingerprint density at radius 1 is 1.21 bits per heavy atom. The highest BCUT2D eigenvalue weighted by Crippen LogP contribution is 2.42. The number of carbonyl (C=O) groups is 4. The fraction of sp³-hybridized carbons (Fsp3) is 0.478. The van der Waals surface area contributed by atoms with Crippen molar-refractivity contribution in [2.24, 2.45) is 5.92 Å². The van der Waals surface area contributed by atoms with Gasteiger partial charge in [-0.15, -0.1) is 0 Å². The molecular formula is C23H27FN2O6S2. The molecule has 1 aliphatic carbocycles. The summed E-state index contributed by atoms with van der Waals surface area (Å²) in [6.45, 7) is 1.88. The van der Waals surface area contributed by atoms with E-state index in [1.165, 1.54) is 34.6 Å². The highest BCUT2D eigenvalue weighted by molar-refractivity contribution is 8.77. The van der Waals surface area contributed by atoms with Crippen molar-refractivity contribution < 1.29 is 33.8 Å². The molecule has 1 saturated carbocycles. The van der Waals surface area contributed by atoms with Crippen molar-refractivity contribution in [1.82, 2.24) is 10.2 Å². The van der Waals surface area contributed by atoms with Crippen molar-refractivity contribution in [3.05, 3.63) is 47.3 Å². The zero-order valence-corrected chi connectivity index (χ0v) is 20.2. The Morgan fingerprint density at radius 2 is 1.91 bits per heavy atom. The van der Waals surface area contributed by atoms with Crippen LogP contribution in [-0.2, 0) is 25.7 Å². The van der Waals surface area contributed by atoms with E-state index in [9.17, 15) is 33.8 Å². The maximum atomic E-state index is 14.3. The van der Waals surface area contributed by atoms with Crippen LogP contribution in [0.25, 0.3) is 0 Å². The molecule has 2 unspecified atom stereocenters. The van der Waals surface area contributed by atoms with Gasteiger partial charge in [-0.3, -0.25) is 14.5 Å². The molecule has 3 N–H and O–H groups in total. The second-order valence-corrected chi connectivity index (χ2v) is 11.0. The Bertz CT molecular complexity index is 984. The van der Waals surface area contributed by atoms with Crippen LogP contribution in [0.5, 0.6) is 0 Å². The van der Waals surface area contributed by atoms with Crippen LogP contribution in [0.3, 0.4) is 0 Å². The van der Waals surface area contributed by atoms with Crippen LogP contribution >= 0.6 is 21.6 Å². The van der Waals surface area contributed by atoms with E-state index in [2.05, 4.69) is 5.32 Å². The van der Waals surface area contributed by atoms with Gasteiger partial charge in [0.25, 0.3) is 0 Å². The Hall–Kier alpha value is -2.37. The average molecular weight is 511 g/mol. The highest BCUT2D eigenvalue weighted by Gasteiger charge is 2.44. The third-order valence-electron chi connectivity index (χ3n) is 5.70. The smallest absolute Gasteiger partial charge is 0.328 e. The number of benzene rings is 1. The fourth-order valence-electron chi connectivity index (χ4n) is 3.94. The molecule has 34 heavy (non-hydrogen) atoms. The van der Waals surface area contributed by atoms with Crippen molar-refractivity contribution in [1.29, 1.82) is 0 Å². The number of carboxylic acid groups (broad SMARTS) is 2. The zero-order valence-electron chi connectivity index (χ0n) is 18.6. The molecule has 1 aromatic rings. The number of carbonyl (C=O) groups excluding carboxylic acids is 2. The number of nitrogens with zero attached hydrogens (tertiary/aromatic N) is 1. The van der Waals surface area contributed by atoms with Gasteiger partial charge in [-0.1, -0.05) is 39.8 Å². The first-order chi connectivity index (χ1) is 16.2. The summed E-state index contributed by atoms with van der Waals surface area (Å²) < 4.78 is 14.3. The van der Waals surface area contributed by atoms with E-state index in [0.717, 1.165) is 18.9 Å². The quantitative estimate of drug-likeness (QED) is 0.304. The van der Waals surface area contributed by atoms with Gasteiger partial charge >= 0.3 is 11.9 Å². The highest BCUT2D eigenvalue weighted by atomic mass is 33.1. The first kappa shape index (κ1) is 26.2. The van der Waals surface area contributed by atoms with E-state index in [4.69, 9.17) is 0 Å². The molecule has 3 atom stereocenters. The van der Waals surface area contributed by atoms with Crippen LogP contribution in [0.1, 0.15) is 31.7 Å². The lowest BCUT2D eigenvalue weighted by atomic mass is 9.89. The first-order valence-corrected chi connectivity index (χ1v) is 13.3. The molecule has 0 radical (unpaired) electrons. The van der Waals surface area contributed by atoms with Gasteiger partial charge in [-0.2, -0.15) is 0 Å². The number of nitrogens with one attached hydrogen (secondary N) is 1. The van der Waals surface area contributed by atoms with Gasteiger partial charge in [0, 0.05) is 48.6 Å². The number of ketones is 1. The molecule has 8 nitrogen and oxygen atoms in total. The molecular weight excluding hydrogens is 483 g/mol. The van der Waals surface area contributed by atoms with Crippen molar-refractivity contribution in [3.8, 4) is 0 Å². The number of amides is 1. The van der Waals surface area contributed by atoms with Gasteiger partial charge < -0.3 is 15.5 Å². The van der Waals surface area contributed by atoms with Gasteiger partial charge in [0.15, 0.2) is 5.78 Å². The minimum Gasteiger partial charge on any atom is -0.480 e. The summed E-state index contributed by atoms with van der Waals surface area (Å²) in [6.07, 6.45) is 3.09. The summed E-state index contributed by atoms with van der Waals surface area (Å²) in [7, 11) is 2.51. The summed E-state index contributed by atoms with van der Waals surface area (Å²) in [5, 5.41) is 20.9. The normalized spacial score (nSPS) is 22.8. The summed E-state index contributed by atoms with van der Waals surface area (Å²) in [5.74, 6) is -3.27. The van der Waals surface area contributed by atoms with Crippen LogP contribution in [0, 0.1) is 11.7 Å². The predicted octanol–water partition coefficient (Wildman–Crippen LogP) is 2.73. The van der Waals surface area contributed by atoms with Crippen molar-refractivity contribution in [2.45, 2.75) is 50.1 Å². The molecule has 2 aliphatic rings. The summed E-state index contributed by atoms with van der Waals surface area (Å²) in [6, 6.07) is 4.46. The van der Waals surface area contributed by atoms with E-state index in [1.807, 2.05) is 4.90 Å². The third kappa shape index (κ3) is 7.07. The zero-order chi connectivity index (χ0) is 24.8. The van der Waals surface area contributed by atoms with Crippen LogP contribution in [0.4, 0.5) is 4.39 Å². The maximum absolute atomic E-state index is 14.3. The van der Waals surface area contributed by atoms with Gasteiger partial charge in [0.1, 0.15) is 11.9 Å². The molecule has 1 aromatic carbocycles. The largest absolute Gasteiger partial charge is 0.480 e. The van der Waals surface area contributed by atoms with E-state index >= 15 is 0 Å². The van der Waals surface area contributed by atoms with Crippen LogP contribution in [0.2, 0.25) is 0 Å². The summed E-state index contributed by atoms with van der Waals surface area (Å²) >= 11 is 0. The molecule has 0 aromatic heterocycles. The Kier molecular flexibility index (Phi) is 9.15.